The smallest absolute Gasteiger partial charge is 0.262 e. The summed E-state index contributed by atoms with van der Waals surface area (Å²) >= 11 is 1.34. The summed E-state index contributed by atoms with van der Waals surface area (Å²) in [6, 6.07) is 4.16. The van der Waals surface area contributed by atoms with E-state index in [0.29, 0.717) is 10.2 Å². The molecule has 0 bridgehead atoms. The van der Waals surface area contributed by atoms with Gasteiger partial charge in [0.05, 0.1) is 17.8 Å². The fourth-order valence-corrected chi connectivity index (χ4v) is 3.10. The molecule has 0 spiro atoms. The Balaban J connectivity index is 1.74. The Labute approximate surface area is 139 Å². The topological polar surface area (TPSA) is 64.0 Å². The van der Waals surface area contributed by atoms with Crippen LogP contribution in [0.4, 0.5) is 8.78 Å². The highest BCUT2D eigenvalue weighted by Crippen LogP contribution is 2.17. The largest absolute Gasteiger partial charge is 0.348 e. The summed E-state index contributed by atoms with van der Waals surface area (Å²) in [4.78, 5) is 29.1. The molecule has 24 heavy (non-hydrogen) atoms. The van der Waals surface area contributed by atoms with Gasteiger partial charge in [-0.15, -0.1) is 11.3 Å². The number of aromatic nitrogens is 2. The Hall–Kier alpha value is -2.61. The minimum absolute atomic E-state index is 0.170. The summed E-state index contributed by atoms with van der Waals surface area (Å²) in [5.41, 5.74) is -0.138. The first-order valence-corrected chi connectivity index (χ1v) is 8.00. The molecule has 1 aromatic carbocycles. The summed E-state index contributed by atoms with van der Waals surface area (Å²) in [5, 5.41) is 4.79. The lowest BCUT2D eigenvalue weighted by Gasteiger charge is -2.15. The molecule has 2 heterocycles. The summed E-state index contributed by atoms with van der Waals surface area (Å²) in [5.74, 6) is -1.89. The van der Waals surface area contributed by atoms with E-state index >= 15 is 0 Å². The van der Waals surface area contributed by atoms with E-state index in [-0.39, 0.29) is 17.7 Å². The van der Waals surface area contributed by atoms with Crippen LogP contribution in [0.3, 0.4) is 0 Å². The van der Waals surface area contributed by atoms with Crippen LogP contribution < -0.4 is 10.9 Å². The monoisotopic (exact) mass is 349 g/mol. The van der Waals surface area contributed by atoms with Gasteiger partial charge >= 0.3 is 0 Å². The van der Waals surface area contributed by atoms with E-state index in [1.54, 1.807) is 18.4 Å². The van der Waals surface area contributed by atoms with Gasteiger partial charge < -0.3 is 5.32 Å². The van der Waals surface area contributed by atoms with Gasteiger partial charge in [-0.05, 0) is 24.4 Å². The third-order valence-electron chi connectivity index (χ3n) is 3.57. The second-order valence-electron chi connectivity index (χ2n) is 5.27. The van der Waals surface area contributed by atoms with Crippen molar-refractivity contribution < 1.29 is 13.6 Å². The first-order chi connectivity index (χ1) is 11.5. The van der Waals surface area contributed by atoms with Crippen LogP contribution in [0.1, 0.15) is 18.5 Å². The van der Waals surface area contributed by atoms with Crippen LogP contribution in [0.5, 0.6) is 0 Å². The van der Waals surface area contributed by atoms with E-state index in [2.05, 4.69) is 10.3 Å². The molecule has 1 amide bonds. The Kier molecular flexibility index (Phi) is 4.39. The zero-order valence-electron chi connectivity index (χ0n) is 12.6. The molecule has 3 aromatic rings. The van der Waals surface area contributed by atoms with Crippen molar-refractivity contribution in [3.8, 4) is 0 Å². The number of nitrogens with zero attached hydrogens (tertiary/aromatic N) is 2. The molecule has 0 radical (unpaired) electrons. The molecular formula is C16H13F2N3O2S. The van der Waals surface area contributed by atoms with Crippen molar-refractivity contribution in [1.82, 2.24) is 14.9 Å². The van der Waals surface area contributed by atoms with E-state index in [9.17, 15) is 18.4 Å². The fourth-order valence-electron chi connectivity index (χ4n) is 2.38. The molecule has 1 N–H and O–H groups in total. The zero-order chi connectivity index (χ0) is 17.3. The minimum atomic E-state index is -0.735. The molecule has 5 nitrogen and oxygen atoms in total. The highest BCUT2D eigenvalue weighted by molar-refractivity contribution is 7.16. The standard InChI is InChI=1S/C16H13F2N3O2S/c1-9(11-3-2-10(17)6-13(11)18)20-14(22)7-21-8-19-15-12(16(21)23)4-5-24-15/h2-6,8-9H,7H2,1H3,(H,20,22)/t9-/m0/s1. The first kappa shape index (κ1) is 16.3. The zero-order valence-corrected chi connectivity index (χ0v) is 13.4. The maximum Gasteiger partial charge on any atom is 0.262 e. The van der Waals surface area contributed by atoms with Crippen molar-refractivity contribution in [2.45, 2.75) is 19.5 Å². The summed E-state index contributed by atoms with van der Waals surface area (Å²) in [6.45, 7) is 1.35. The van der Waals surface area contributed by atoms with Crippen molar-refractivity contribution in [3.05, 3.63) is 63.5 Å². The minimum Gasteiger partial charge on any atom is -0.348 e. The molecule has 0 saturated heterocycles. The van der Waals surface area contributed by atoms with Crippen LogP contribution in [0.15, 0.2) is 40.8 Å². The predicted octanol–water partition coefficient (Wildman–Crippen LogP) is 2.61. The van der Waals surface area contributed by atoms with E-state index in [1.807, 2.05) is 0 Å². The highest BCUT2D eigenvalue weighted by atomic mass is 32.1. The number of thiophene rings is 1. The van der Waals surface area contributed by atoms with Gasteiger partial charge in [0.1, 0.15) is 23.0 Å². The molecule has 1 atom stereocenters. The van der Waals surface area contributed by atoms with Gasteiger partial charge in [0, 0.05) is 11.6 Å². The number of amides is 1. The van der Waals surface area contributed by atoms with E-state index < -0.39 is 23.6 Å². The highest BCUT2D eigenvalue weighted by Gasteiger charge is 2.15. The lowest BCUT2D eigenvalue weighted by molar-refractivity contribution is -0.122. The van der Waals surface area contributed by atoms with E-state index in [0.717, 1.165) is 12.1 Å². The van der Waals surface area contributed by atoms with E-state index in [4.69, 9.17) is 0 Å². The first-order valence-electron chi connectivity index (χ1n) is 7.12. The van der Waals surface area contributed by atoms with Crippen molar-refractivity contribution in [2.75, 3.05) is 0 Å². The number of nitrogens with one attached hydrogen (secondary N) is 1. The van der Waals surface area contributed by atoms with Crippen LogP contribution in [-0.4, -0.2) is 15.5 Å². The number of fused-ring (bicyclic) bond motifs is 1. The third-order valence-corrected chi connectivity index (χ3v) is 4.39. The van der Waals surface area contributed by atoms with Crippen molar-refractivity contribution in [3.63, 3.8) is 0 Å². The van der Waals surface area contributed by atoms with Gasteiger partial charge in [-0.3, -0.25) is 14.2 Å². The van der Waals surface area contributed by atoms with Crippen LogP contribution in [-0.2, 0) is 11.3 Å². The SMILES string of the molecule is C[C@H](NC(=O)Cn1cnc2sccc2c1=O)c1ccc(F)cc1F. The Bertz CT molecular complexity index is 967. The number of carbonyl (C=O) groups is 1. The molecule has 0 aliphatic carbocycles. The second kappa shape index (κ2) is 6.48. The quantitative estimate of drug-likeness (QED) is 0.787. The number of hydrogen-bond acceptors (Lipinski definition) is 4. The van der Waals surface area contributed by atoms with Gasteiger partial charge in [0.25, 0.3) is 5.56 Å². The Morgan fingerprint density at radius 2 is 2.17 bits per heavy atom. The van der Waals surface area contributed by atoms with Gasteiger partial charge in [-0.25, -0.2) is 13.8 Å². The molecule has 0 fully saturated rings. The average molecular weight is 349 g/mol. The van der Waals surface area contributed by atoms with Crippen LogP contribution in [0.25, 0.3) is 10.2 Å². The summed E-state index contributed by atoms with van der Waals surface area (Å²) in [6.07, 6.45) is 1.31. The molecular weight excluding hydrogens is 336 g/mol. The molecule has 124 valence electrons. The van der Waals surface area contributed by atoms with Gasteiger partial charge in [0.15, 0.2) is 0 Å². The Morgan fingerprint density at radius 3 is 2.92 bits per heavy atom. The fraction of sp³-hybridized carbons (Fsp3) is 0.188. The summed E-state index contributed by atoms with van der Waals surface area (Å²) < 4.78 is 27.9. The number of carbonyl (C=O) groups excluding carboxylic acids is 1. The molecule has 0 saturated carbocycles. The number of benzene rings is 1. The van der Waals surface area contributed by atoms with Crippen molar-refractivity contribution >= 4 is 27.5 Å². The predicted molar refractivity (Wildman–Crippen MR) is 86.8 cm³/mol. The molecule has 0 aliphatic rings. The summed E-state index contributed by atoms with van der Waals surface area (Å²) in [7, 11) is 0. The van der Waals surface area contributed by atoms with Crippen molar-refractivity contribution in [1.29, 1.82) is 0 Å². The lowest BCUT2D eigenvalue weighted by atomic mass is 10.1. The maximum absolute atomic E-state index is 13.7. The average Bonchev–Trinajstić information content (AvgIpc) is 2.99. The molecule has 0 unspecified atom stereocenters. The number of halogens is 2. The van der Waals surface area contributed by atoms with Crippen LogP contribution in [0, 0.1) is 11.6 Å². The molecule has 3 rings (SSSR count). The molecule has 2 aromatic heterocycles. The maximum atomic E-state index is 13.7. The molecule has 8 heteroatoms. The molecule has 0 aliphatic heterocycles. The normalized spacial score (nSPS) is 12.3. The number of hydrogen-bond donors (Lipinski definition) is 1. The van der Waals surface area contributed by atoms with Gasteiger partial charge in [-0.2, -0.15) is 0 Å². The van der Waals surface area contributed by atoms with Gasteiger partial charge in [0.2, 0.25) is 5.91 Å². The number of rotatable bonds is 4. The van der Waals surface area contributed by atoms with Crippen LogP contribution in [0.2, 0.25) is 0 Å². The third kappa shape index (κ3) is 3.18. The van der Waals surface area contributed by atoms with E-state index in [1.165, 1.54) is 28.3 Å². The Morgan fingerprint density at radius 1 is 1.38 bits per heavy atom. The van der Waals surface area contributed by atoms with Crippen LogP contribution >= 0.6 is 11.3 Å². The lowest BCUT2D eigenvalue weighted by Crippen LogP contribution is -2.34. The second-order valence-corrected chi connectivity index (χ2v) is 6.17. The van der Waals surface area contributed by atoms with Crippen molar-refractivity contribution in [2.24, 2.45) is 0 Å². The van der Waals surface area contributed by atoms with Gasteiger partial charge in [-0.1, -0.05) is 6.07 Å².